The summed E-state index contributed by atoms with van der Waals surface area (Å²) in [7, 11) is 0. The summed E-state index contributed by atoms with van der Waals surface area (Å²) < 4.78 is 0. The van der Waals surface area contributed by atoms with Crippen LogP contribution in [-0.2, 0) is 20.8 Å². The maximum absolute atomic E-state index is 12.9. The Morgan fingerprint density at radius 3 is 2.55 bits per heavy atom. The van der Waals surface area contributed by atoms with E-state index in [1.165, 1.54) is 23.2 Å². The van der Waals surface area contributed by atoms with Gasteiger partial charge in [-0.2, -0.15) is 0 Å². The molecule has 33 heavy (non-hydrogen) atoms. The van der Waals surface area contributed by atoms with Gasteiger partial charge in [0.15, 0.2) is 5.78 Å². The van der Waals surface area contributed by atoms with Crippen LogP contribution in [0.4, 0.5) is 0 Å². The first-order valence-electron chi connectivity index (χ1n) is 11.4. The summed E-state index contributed by atoms with van der Waals surface area (Å²) >= 11 is 1.32. The van der Waals surface area contributed by atoms with Gasteiger partial charge in [0.25, 0.3) is 0 Å². The fourth-order valence-electron chi connectivity index (χ4n) is 3.94. The number of ketones is 1. The number of carbonyl (C=O) groups excluding carboxylic acids is 4. The fraction of sp³-hybridized carbons (Fsp3) is 0.440. The average molecular weight is 470 g/mol. The predicted molar refractivity (Wildman–Crippen MR) is 128 cm³/mol. The molecule has 2 N–H and O–H groups in total. The summed E-state index contributed by atoms with van der Waals surface area (Å²) in [6.45, 7) is 2.79. The van der Waals surface area contributed by atoms with Crippen LogP contribution in [0.25, 0.3) is 0 Å². The van der Waals surface area contributed by atoms with E-state index in [-0.39, 0.29) is 42.4 Å². The van der Waals surface area contributed by atoms with Gasteiger partial charge in [-0.3, -0.25) is 19.2 Å². The number of nitrogens with zero attached hydrogens (tertiary/aromatic N) is 1. The zero-order valence-electron chi connectivity index (χ0n) is 19.0. The lowest BCUT2D eigenvalue weighted by atomic mass is 9.91. The smallest absolute Gasteiger partial charge is 0.239 e. The second-order valence-electron chi connectivity index (χ2n) is 8.36. The van der Waals surface area contributed by atoms with Gasteiger partial charge in [-0.25, -0.2) is 0 Å². The van der Waals surface area contributed by atoms with Crippen LogP contribution in [0.15, 0.2) is 41.8 Å². The van der Waals surface area contributed by atoms with E-state index in [1.807, 2.05) is 23.6 Å². The Morgan fingerprint density at radius 1 is 1.06 bits per heavy atom. The molecule has 0 radical (unpaired) electrons. The second-order valence-corrected chi connectivity index (χ2v) is 9.27. The van der Waals surface area contributed by atoms with Gasteiger partial charge in [0.2, 0.25) is 17.7 Å². The van der Waals surface area contributed by atoms with E-state index in [0.29, 0.717) is 37.4 Å². The highest BCUT2D eigenvalue weighted by Gasteiger charge is 2.20. The molecule has 3 rings (SSSR count). The Morgan fingerprint density at radius 2 is 1.82 bits per heavy atom. The van der Waals surface area contributed by atoms with Crippen molar-refractivity contribution in [1.82, 2.24) is 15.5 Å². The zero-order chi connectivity index (χ0) is 23.6. The zero-order valence-corrected chi connectivity index (χ0v) is 19.8. The quantitative estimate of drug-likeness (QED) is 0.673. The minimum Gasteiger partial charge on any atom is -0.356 e. The number of Topliss-reactive ketones (excluding diaryl/α,β-unsaturated/α-hetero) is 1. The Balaban J connectivity index is 1.64. The first-order chi connectivity index (χ1) is 15.9. The van der Waals surface area contributed by atoms with Crippen LogP contribution >= 0.6 is 11.3 Å². The Labute approximate surface area is 198 Å². The van der Waals surface area contributed by atoms with Crippen LogP contribution in [-0.4, -0.2) is 54.6 Å². The van der Waals surface area contributed by atoms with Crippen molar-refractivity contribution in [2.45, 2.75) is 44.9 Å². The molecule has 1 aliphatic heterocycles. The van der Waals surface area contributed by atoms with Gasteiger partial charge in [-0.05, 0) is 54.7 Å². The van der Waals surface area contributed by atoms with Crippen molar-refractivity contribution < 1.29 is 19.2 Å². The molecule has 1 atom stereocenters. The fourth-order valence-corrected chi connectivity index (χ4v) is 4.76. The number of carbonyl (C=O) groups is 4. The maximum Gasteiger partial charge on any atom is 0.239 e. The normalized spacial score (nSPS) is 18.7. The summed E-state index contributed by atoms with van der Waals surface area (Å²) in [6.07, 6.45) is 2.57. The summed E-state index contributed by atoms with van der Waals surface area (Å²) in [5, 5.41) is 7.68. The van der Waals surface area contributed by atoms with E-state index in [9.17, 15) is 19.2 Å². The molecule has 1 unspecified atom stereocenters. The lowest BCUT2D eigenvalue weighted by molar-refractivity contribution is -0.135. The van der Waals surface area contributed by atoms with E-state index >= 15 is 0 Å². The molecule has 1 fully saturated rings. The summed E-state index contributed by atoms with van der Waals surface area (Å²) in [4.78, 5) is 51.5. The van der Waals surface area contributed by atoms with E-state index in [0.717, 1.165) is 24.0 Å². The third-order valence-corrected chi connectivity index (χ3v) is 6.86. The number of thiophene rings is 1. The van der Waals surface area contributed by atoms with Crippen molar-refractivity contribution in [3.8, 4) is 0 Å². The molecule has 0 bridgehead atoms. The minimum absolute atomic E-state index is 0.00457. The Bertz CT molecular complexity index is 973. The third-order valence-electron chi connectivity index (χ3n) is 5.78. The molecule has 2 aromatic rings. The molecule has 7 nitrogen and oxygen atoms in total. The largest absolute Gasteiger partial charge is 0.356 e. The molecule has 0 spiro atoms. The molecule has 3 amide bonds. The molecular formula is C25H31N3O4S. The van der Waals surface area contributed by atoms with Gasteiger partial charge >= 0.3 is 0 Å². The third kappa shape index (κ3) is 7.82. The van der Waals surface area contributed by atoms with Crippen LogP contribution in [0, 0.1) is 0 Å². The van der Waals surface area contributed by atoms with Gasteiger partial charge in [0, 0.05) is 26.1 Å². The van der Waals surface area contributed by atoms with Crippen LogP contribution < -0.4 is 10.6 Å². The van der Waals surface area contributed by atoms with E-state index in [4.69, 9.17) is 0 Å². The summed E-state index contributed by atoms with van der Waals surface area (Å²) in [5.74, 6) is -0.206. The highest BCUT2D eigenvalue weighted by Crippen LogP contribution is 2.24. The molecule has 1 aromatic carbocycles. The molecule has 2 heterocycles. The lowest BCUT2D eigenvalue weighted by Gasteiger charge is -2.24. The van der Waals surface area contributed by atoms with Crippen molar-refractivity contribution in [1.29, 1.82) is 0 Å². The van der Waals surface area contributed by atoms with Crippen molar-refractivity contribution in [3.05, 3.63) is 57.8 Å². The number of amides is 3. The molecule has 1 aliphatic rings. The minimum atomic E-state index is -0.189. The second kappa shape index (κ2) is 12.3. The summed E-state index contributed by atoms with van der Waals surface area (Å²) in [6, 6.07) is 11.8. The molecule has 1 aromatic heterocycles. The summed E-state index contributed by atoms with van der Waals surface area (Å²) in [5.41, 5.74) is 1.93. The van der Waals surface area contributed by atoms with Crippen LogP contribution in [0.5, 0.6) is 0 Å². The molecule has 8 heteroatoms. The predicted octanol–water partition coefficient (Wildman–Crippen LogP) is 2.91. The van der Waals surface area contributed by atoms with Crippen LogP contribution in [0.3, 0.4) is 0 Å². The van der Waals surface area contributed by atoms with E-state index in [2.05, 4.69) is 22.8 Å². The van der Waals surface area contributed by atoms with Crippen LogP contribution in [0.2, 0.25) is 0 Å². The van der Waals surface area contributed by atoms with Gasteiger partial charge in [0.1, 0.15) is 0 Å². The standard InChI is InChI=1S/C25H31N3O4S/c1-18(29)22-14-19(17-33-22)15-25(32)28-13-5-11-26-23(30)9-8-21(10-12-27-24(31)16-28)20-6-3-2-4-7-20/h2-4,6-7,14,17,21H,5,8-13,15-16H2,1H3,(H,26,30)(H,27,31). The van der Waals surface area contributed by atoms with Gasteiger partial charge in [-0.1, -0.05) is 30.3 Å². The average Bonchev–Trinajstić information content (AvgIpc) is 3.27. The van der Waals surface area contributed by atoms with Crippen molar-refractivity contribution >= 4 is 34.8 Å². The van der Waals surface area contributed by atoms with Gasteiger partial charge < -0.3 is 15.5 Å². The van der Waals surface area contributed by atoms with E-state index < -0.39 is 0 Å². The number of nitrogens with one attached hydrogen (secondary N) is 2. The Kier molecular flexibility index (Phi) is 9.18. The molecular weight excluding hydrogens is 438 g/mol. The first kappa shape index (κ1) is 24.6. The van der Waals surface area contributed by atoms with Crippen molar-refractivity contribution in [2.24, 2.45) is 0 Å². The van der Waals surface area contributed by atoms with Crippen molar-refractivity contribution in [3.63, 3.8) is 0 Å². The lowest BCUT2D eigenvalue weighted by Crippen LogP contribution is -2.43. The number of hydrogen-bond donors (Lipinski definition) is 2. The topological polar surface area (TPSA) is 95.6 Å². The molecule has 1 saturated heterocycles. The van der Waals surface area contributed by atoms with E-state index in [1.54, 1.807) is 6.07 Å². The highest BCUT2D eigenvalue weighted by molar-refractivity contribution is 7.12. The SMILES string of the molecule is CC(=O)c1cc(CC(=O)N2CCCNC(=O)CCC(c3ccccc3)CCNC(=O)C2)cs1. The molecule has 0 aliphatic carbocycles. The Hall–Kier alpha value is -3.00. The van der Waals surface area contributed by atoms with Gasteiger partial charge in [-0.15, -0.1) is 11.3 Å². The number of rotatable bonds is 4. The molecule has 0 saturated carbocycles. The number of hydrogen-bond acceptors (Lipinski definition) is 5. The highest BCUT2D eigenvalue weighted by atomic mass is 32.1. The molecule has 176 valence electrons. The van der Waals surface area contributed by atoms with Gasteiger partial charge in [0.05, 0.1) is 17.8 Å². The maximum atomic E-state index is 12.9. The first-order valence-corrected chi connectivity index (χ1v) is 12.2. The van der Waals surface area contributed by atoms with Crippen molar-refractivity contribution in [2.75, 3.05) is 26.2 Å². The number of benzene rings is 1. The van der Waals surface area contributed by atoms with Crippen LogP contribution in [0.1, 0.15) is 59.3 Å². The monoisotopic (exact) mass is 469 g/mol.